The van der Waals surface area contributed by atoms with E-state index >= 15 is 0 Å². The molecule has 5 rings (SSSR count). The van der Waals surface area contributed by atoms with Gasteiger partial charge in [0.05, 0.1) is 6.61 Å². The summed E-state index contributed by atoms with van der Waals surface area (Å²) in [5.41, 5.74) is 5.55. The molecule has 0 amide bonds. The van der Waals surface area contributed by atoms with Gasteiger partial charge >= 0.3 is 5.97 Å². The van der Waals surface area contributed by atoms with E-state index in [1.165, 1.54) is 6.08 Å². The number of hydrogen-bond acceptors (Lipinski definition) is 6. The summed E-state index contributed by atoms with van der Waals surface area (Å²) >= 11 is 0. The van der Waals surface area contributed by atoms with Gasteiger partial charge in [0.25, 0.3) is 0 Å². The van der Waals surface area contributed by atoms with Gasteiger partial charge in [-0.25, -0.2) is 4.79 Å². The quantitative estimate of drug-likeness (QED) is 0.132. The molecule has 43 heavy (non-hydrogen) atoms. The number of fused-ring (bicyclic) bond motifs is 1. The molecular formula is C36H36N2O5. The maximum absolute atomic E-state index is 12.0. The zero-order chi connectivity index (χ0) is 30.4. The van der Waals surface area contributed by atoms with Crippen LogP contribution < -0.4 is 20.2 Å². The standard InChI is InChI=1S/C19H21NO3.C17H15NO2/c1-3-22-19(21)13-15(2)20-17-9-11-18(12-10-17)23-14-16-7-5-4-6-8-16;1-12-9-17(19)15-10-14(7-8-16(15)18-12)20-11-13-5-3-2-4-6-13/h4-13,20H,3,14H2,1-2H3;2-10H,11H2,1H3,(H,18,19). The van der Waals surface area contributed by atoms with Crippen molar-refractivity contribution >= 4 is 22.6 Å². The molecule has 0 spiro atoms. The number of nitrogens with one attached hydrogen (secondary N) is 2. The Hall–Kier alpha value is -5.30. The topological polar surface area (TPSA) is 89.7 Å². The lowest BCUT2D eigenvalue weighted by Gasteiger charge is -2.09. The number of esters is 1. The molecule has 1 aromatic heterocycles. The number of allylic oxidation sites excluding steroid dienone is 1. The predicted octanol–water partition coefficient (Wildman–Crippen LogP) is 7.56. The number of pyridine rings is 1. The van der Waals surface area contributed by atoms with Crippen LogP contribution in [-0.4, -0.2) is 17.6 Å². The van der Waals surface area contributed by atoms with Crippen molar-refractivity contribution in [3.05, 3.63) is 148 Å². The Balaban J connectivity index is 0.000000198. The Morgan fingerprint density at radius 3 is 1.98 bits per heavy atom. The van der Waals surface area contributed by atoms with Crippen LogP contribution in [0.5, 0.6) is 11.5 Å². The number of rotatable bonds is 10. The van der Waals surface area contributed by atoms with E-state index in [0.29, 0.717) is 31.0 Å². The zero-order valence-corrected chi connectivity index (χ0v) is 24.6. The van der Waals surface area contributed by atoms with Crippen LogP contribution in [0.2, 0.25) is 0 Å². The normalized spacial score (nSPS) is 10.8. The number of aryl methyl sites for hydroxylation is 1. The number of carbonyl (C=O) groups excluding carboxylic acids is 1. The SMILES string of the molecule is CCOC(=O)C=C(C)Nc1ccc(OCc2ccccc2)cc1.Cc1cc(=O)c2cc(OCc3ccccc3)ccc2[nH]1. The van der Waals surface area contributed by atoms with Crippen LogP contribution in [0.3, 0.4) is 0 Å². The summed E-state index contributed by atoms with van der Waals surface area (Å²) in [6.07, 6.45) is 1.43. The number of aromatic nitrogens is 1. The molecule has 7 nitrogen and oxygen atoms in total. The van der Waals surface area contributed by atoms with Crippen molar-refractivity contribution in [2.75, 3.05) is 11.9 Å². The maximum atomic E-state index is 12.0. The minimum atomic E-state index is -0.347. The lowest BCUT2D eigenvalue weighted by atomic mass is 10.2. The number of ether oxygens (including phenoxy) is 3. The summed E-state index contributed by atoms with van der Waals surface area (Å²) in [6.45, 7) is 6.88. The van der Waals surface area contributed by atoms with Gasteiger partial charge in [-0.2, -0.15) is 0 Å². The summed E-state index contributed by atoms with van der Waals surface area (Å²) in [6, 6.07) is 34.7. The second-order valence-electron chi connectivity index (χ2n) is 9.80. The third-order valence-electron chi connectivity index (χ3n) is 6.25. The molecule has 1 heterocycles. The number of carbonyl (C=O) groups is 1. The van der Waals surface area contributed by atoms with E-state index in [-0.39, 0.29) is 11.4 Å². The van der Waals surface area contributed by atoms with Crippen LogP contribution in [0.15, 0.2) is 126 Å². The van der Waals surface area contributed by atoms with Crippen molar-refractivity contribution < 1.29 is 19.0 Å². The van der Waals surface area contributed by atoms with Gasteiger partial charge in [0.2, 0.25) is 0 Å². The van der Waals surface area contributed by atoms with Crippen molar-refractivity contribution in [3.63, 3.8) is 0 Å². The van der Waals surface area contributed by atoms with Gasteiger partial charge in [-0.1, -0.05) is 60.7 Å². The Labute approximate surface area is 251 Å². The zero-order valence-electron chi connectivity index (χ0n) is 24.6. The first-order valence-corrected chi connectivity index (χ1v) is 14.1. The average molecular weight is 577 g/mol. The number of benzene rings is 4. The first-order chi connectivity index (χ1) is 20.9. The highest BCUT2D eigenvalue weighted by Gasteiger charge is 2.03. The minimum absolute atomic E-state index is 0.0152. The lowest BCUT2D eigenvalue weighted by Crippen LogP contribution is -2.04. The van der Waals surface area contributed by atoms with Gasteiger partial charge in [-0.3, -0.25) is 4.79 Å². The molecule has 2 N–H and O–H groups in total. The monoisotopic (exact) mass is 576 g/mol. The molecule has 0 aliphatic heterocycles. The fourth-order valence-corrected chi connectivity index (χ4v) is 4.19. The molecule has 0 radical (unpaired) electrons. The third-order valence-corrected chi connectivity index (χ3v) is 6.25. The molecule has 7 heteroatoms. The van der Waals surface area contributed by atoms with Gasteiger partial charge in [-0.05, 0) is 74.4 Å². The second-order valence-corrected chi connectivity index (χ2v) is 9.80. The van der Waals surface area contributed by atoms with Crippen LogP contribution in [0.4, 0.5) is 5.69 Å². The molecule has 220 valence electrons. The van der Waals surface area contributed by atoms with Crippen LogP contribution in [0, 0.1) is 6.92 Å². The van der Waals surface area contributed by atoms with E-state index in [4.69, 9.17) is 14.2 Å². The smallest absolute Gasteiger partial charge is 0.332 e. The lowest BCUT2D eigenvalue weighted by molar-refractivity contribution is -0.137. The number of aromatic amines is 1. The number of anilines is 1. The number of H-pyrrole nitrogens is 1. The van der Waals surface area contributed by atoms with Crippen LogP contribution in [-0.2, 0) is 22.7 Å². The summed E-state index contributed by atoms with van der Waals surface area (Å²) in [7, 11) is 0. The molecule has 0 aliphatic carbocycles. The summed E-state index contributed by atoms with van der Waals surface area (Å²) in [5.74, 6) is 1.16. The van der Waals surface area contributed by atoms with E-state index < -0.39 is 0 Å². The van der Waals surface area contributed by atoms with E-state index in [1.807, 2.05) is 111 Å². The average Bonchev–Trinajstić information content (AvgIpc) is 3.01. The summed E-state index contributed by atoms with van der Waals surface area (Å²) in [4.78, 5) is 26.5. The van der Waals surface area contributed by atoms with Crippen LogP contribution in [0.1, 0.15) is 30.7 Å². The van der Waals surface area contributed by atoms with Gasteiger partial charge in [-0.15, -0.1) is 0 Å². The fraction of sp³-hybridized carbons (Fsp3) is 0.167. The number of hydrogen-bond donors (Lipinski definition) is 2. The first-order valence-electron chi connectivity index (χ1n) is 14.1. The van der Waals surface area contributed by atoms with E-state index in [0.717, 1.165) is 39.5 Å². The molecule has 0 fully saturated rings. The highest BCUT2D eigenvalue weighted by Crippen LogP contribution is 2.19. The molecule has 5 aromatic rings. The van der Waals surface area contributed by atoms with E-state index in [2.05, 4.69) is 10.3 Å². The fourth-order valence-electron chi connectivity index (χ4n) is 4.19. The molecule has 0 saturated heterocycles. The van der Waals surface area contributed by atoms with Gasteiger partial charge < -0.3 is 24.5 Å². The molecule has 0 atom stereocenters. The van der Waals surface area contributed by atoms with Crippen molar-refractivity contribution in [2.24, 2.45) is 0 Å². The molecule has 4 aromatic carbocycles. The van der Waals surface area contributed by atoms with Gasteiger partial charge in [0.15, 0.2) is 5.43 Å². The summed E-state index contributed by atoms with van der Waals surface area (Å²) < 4.78 is 16.3. The van der Waals surface area contributed by atoms with Crippen molar-refractivity contribution in [3.8, 4) is 11.5 Å². The molecule has 0 bridgehead atoms. The largest absolute Gasteiger partial charge is 0.489 e. The Bertz CT molecular complexity index is 1700. The molecule has 0 aliphatic rings. The van der Waals surface area contributed by atoms with E-state index in [9.17, 15) is 9.59 Å². The highest BCUT2D eigenvalue weighted by atomic mass is 16.5. The first kappa shape index (κ1) is 30.7. The Kier molecular flexibility index (Phi) is 11.1. The minimum Gasteiger partial charge on any atom is -0.489 e. The molecular weight excluding hydrogens is 540 g/mol. The van der Waals surface area contributed by atoms with Crippen molar-refractivity contribution in [1.29, 1.82) is 0 Å². The Morgan fingerprint density at radius 1 is 0.791 bits per heavy atom. The van der Waals surface area contributed by atoms with Crippen LogP contribution in [0.25, 0.3) is 10.9 Å². The maximum Gasteiger partial charge on any atom is 0.332 e. The second kappa shape index (κ2) is 15.6. The van der Waals surface area contributed by atoms with Crippen LogP contribution >= 0.6 is 0 Å². The van der Waals surface area contributed by atoms with Crippen molar-refractivity contribution in [2.45, 2.75) is 34.0 Å². The van der Waals surface area contributed by atoms with Gasteiger partial charge in [0, 0.05) is 40.1 Å². The van der Waals surface area contributed by atoms with Gasteiger partial charge in [0.1, 0.15) is 24.7 Å². The third kappa shape index (κ3) is 9.93. The summed E-state index contributed by atoms with van der Waals surface area (Å²) in [5, 5.41) is 3.79. The molecule has 0 unspecified atom stereocenters. The highest BCUT2D eigenvalue weighted by molar-refractivity contribution is 5.83. The molecule has 0 saturated carbocycles. The van der Waals surface area contributed by atoms with E-state index in [1.54, 1.807) is 19.1 Å². The Morgan fingerprint density at radius 2 is 1.37 bits per heavy atom. The predicted molar refractivity (Wildman–Crippen MR) is 171 cm³/mol. The van der Waals surface area contributed by atoms with Crippen molar-refractivity contribution in [1.82, 2.24) is 4.98 Å².